The number of rotatable bonds is 6. The molecule has 0 saturated heterocycles. The van der Waals surface area contributed by atoms with E-state index in [4.69, 9.17) is 0 Å². The van der Waals surface area contributed by atoms with Gasteiger partial charge >= 0.3 is 0 Å². The molecular formula is C16H25NO4S2. The molecule has 0 atom stereocenters. The van der Waals surface area contributed by atoms with Crippen molar-refractivity contribution in [1.82, 2.24) is 4.31 Å². The van der Waals surface area contributed by atoms with Gasteiger partial charge < -0.3 is 0 Å². The van der Waals surface area contributed by atoms with Gasteiger partial charge in [0.1, 0.15) is 0 Å². The molecule has 23 heavy (non-hydrogen) atoms. The van der Waals surface area contributed by atoms with Crippen LogP contribution in [0.15, 0.2) is 34.1 Å². The van der Waals surface area contributed by atoms with Gasteiger partial charge in [-0.15, -0.1) is 0 Å². The summed E-state index contributed by atoms with van der Waals surface area (Å²) in [5.41, 5.74) is 0. The van der Waals surface area contributed by atoms with Gasteiger partial charge in [-0.1, -0.05) is 33.1 Å². The maximum atomic E-state index is 12.9. The van der Waals surface area contributed by atoms with Crippen LogP contribution in [0.4, 0.5) is 0 Å². The van der Waals surface area contributed by atoms with Gasteiger partial charge in [0.2, 0.25) is 10.0 Å². The average Bonchev–Trinajstić information content (AvgIpc) is 2.56. The monoisotopic (exact) mass is 359 g/mol. The Balaban J connectivity index is 2.31. The molecule has 5 nitrogen and oxygen atoms in total. The smallest absolute Gasteiger partial charge is 0.224 e. The minimum atomic E-state index is -3.58. The molecule has 0 bridgehead atoms. The standard InChI is InChI=1S/C16H25NO4S2/c1-3-17(14-8-6-5-7-9-14)23(20,21)16-12-10-15(11-13-16)22(18,19)4-2/h10-14H,3-9H2,1-2H3. The van der Waals surface area contributed by atoms with Crippen molar-refractivity contribution in [2.45, 2.75) is 61.8 Å². The highest BCUT2D eigenvalue weighted by molar-refractivity contribution is 7.91. The Hall–Kier alpha value is -0.920. The molecule has 1 aromatic rings. The van der Waals surface area contributed by atoms with Crippen molar-refractivity contribution in [2.24, 2.45) is 0 Å². The van der Waals surface area contributed by atoms with Gasteiger partial charge in [0.15, 0.2) is 9.84 Å². The van der Waals surface area contributed by atoms with Crippen molar-refractivity contribution >= 4 is 19.9 Å². The van der Waals surface area contributed by atoms with Crippen molar-refractivity contribution in [2.75, 3.05) is 12.3 Å². The molecule has 0 aromatic heterocycles. The maximum Gasteiger partial charge on any atom is 0.243 e. The Morgan fingerprint density at radius 3 is 1.91 bits per heavy atom. The van der Waals surface area contributed by atoms with E-state index in [1.54, 1.807) is 11.2 Å². The summed E-state index contributed by atoms with van der Waals surface area (Å²) in [4.78, 5) is 0.333. The zero-order valence-electron chi connectivity index (χ0n) is 13.7. The molecule has 2 rings (SSSR count). The van der Waals surface area contributed by atoms with Crippen LogP contribution in [-0.2, 0) is 19.9 Å². The quantitative estimate of drug-likeness (QED) is 0.783. The van der Waals surface area contributed by atoms with Crippen LogP contribution in [0.3, 0.4) is 0 Å². The summed E-state index contributed by atoms with van der Waals surface area (Å²) >= 11 is 0. The zero-order chi connectivity index (χ0) is 17.1. The molecule has 0 N–H and O–H groups in total. The summed E-state index contributed by atoms with van der Waals surface area (Å²) in [5.74, 6) is 0.00224. The highest BCUT2D eigenvalue weighted by atomic mass is 32.2. The molecule has 0 unspecified atom stereocenters. The van der Waals surface area contributed by atoms with Crippen LogP contribution in [0.2, 0.25) is 0 Å². The predicted molar refractivity (Wildman–Crippen MR) is 90.6 cm³/mol. The van der Waals surface area contributed by atoms with Crippen LogP contribution >= 0.6 is 0 Å². The highest BCUT2D eigenvalue weighted by Crippen LogP contribution is 2.28. The van der Waals surface area contributed by atoms with Crippen LogP contribution in [0.25, 0.3) is 0 Å². The average molecular weight is 360 g/mol. The van der Waals surface area contributed by atoms with Gasteiger partial charge in [-0.3, -0.25) is 0 Å². The third-order valence-electron chi connectivity index (χ3n) is 4.46. The molecule has 0 aliphatic heterocycles. The van der Waals surface area contributed by atoms with Crippen LogP contribution < -0.4 is 0 Å². The minimum Gasteiger partial charge on any atom is -0.224 e. The third kappa shape index (κ3) is 3.95. The predicted octanol–water partition coefficient (Wildman–Crippen LogP) is 2.82. The lowest BCUT2D eigenvalue weighted by Gasteiger charge is -2.32. The number of hydrogen-bond acceptors (Lipinski definition) is 4. The molecule has 1 fully saturated rings. The lowest BCUT2D eigenvalue weighted by atomic mass is 9.95. The van der Waals surface area contributed by atoms with E-state index in [1.807, 2.05) is 6.92 Å². The molecular weight excluding hydrogens is 334 g/mol. The summed E-state index contributed by atoms with van der Waals surface area (Å²) in [7, 11) is -6.90. The SMILES string of the molecule is CCN(C1CCCCC1)S(=O)(=O)c1ccc(S(=O)(=O)CC)cc1. The normalized spacial score (nSPS) is 17.5. The molecule has 130 valence electrons. The van der Waals surface area contributed by atoms with Crippen LogP contribution in [0.1, 0.15) is 46.0 Å². The van der Waals surface area contributed by atoms with Gasteiger partial charge in [-0.05, 0) is 37.1 Å². The highest BCUT2D eigenvalue weighted by Gasteiger charge is 2.31. The molecule has 0 radical (unpaired) electrons. The zero-order valence-corrected chi connectivity index (χ0v) is 15.4. The fourth-order valence-electron chi connectivity index (χ4n) is 3.11. The first kappa shape index (κ1) is 18.4. The second-order valence-electron chi connectivity index (χ2n) is 5.88. The van der Waals surface area contributed by atoms with Crippen molar-refractivity contribution in [3.05, 3.63) is 24.3 Å². The fourth-order valence-corrected chi connectivity index (χ4v) is 5.69. The summed E-state index contributed by atoms with van der Waals surface area (Å²) < 4.78 is 51.0. The van der Waals surface area contributed by atoms with E-state index >= 15 is 0 Å². The van der Waals surface area contributed by atoms with E-state index in [0.717, 1.165) is 32.1 Å². The Labute approximate surface area is 139 Å². The molecule has 0 amide bonds. The minimum absolute atomic E-state index is 0.00224. The number of benzene rings is 1. The van der Waals surface area contributed by atoms with Crippen molar-refractivity contribution < 1.29 is 16.8 Å². The maximum absolute atomic E-state index is 12.9. The number of hydrogen-bond donors (Lipinski definition) is 0. The Morgan fingerprint density at radius 2 is 1.43 bits per heavy atom. The van der Waals surface area contributed by atoms with E-state index in [-0.39, 0.29) is 21.6 Å². The van der Waals surface area contributed by atoms with E-state index in [0.29, 0.717) is 6.54 Å². The van der Waals surface area contributed by atoms with Crippen LogP contribution in [-0.4, -0.2) is 39.5 Å². The Morgan fingerprint density at radius 1 is 0.913 bits per heavy atom. The summed E-state index contributed by atoms with van der Waals surface area (Å²) in [6, 6.07) is 5.64. The topological polar surface area (TPSA) is 71.5 Å². The summed E-state index contributed by atoms with van der Waals surface area (Å²) in [6.45, 7) is 3.85. The van der Waals surface area contributed by atoms with Gasteiger partial charge in [-0.2, -0.15) is 4.31 Å². The van der Waals surface area contributed by atoms with Gasteiger partial charge in [0.05, 0.1) is 15.5 Å². The molecule has 0 spiro atoms. The van der Waals surface area contributed by atoms with Crippen molar-refractivity contribution in [3.63, 3.8) is 0 Å². The first-order chi connectivity index (χ1) is 10.8. The molecule has 1 saturated carbocycles. The van der Waals surface area contributed by atoms with Crippen molar-refractivity contribution in [3.8, 4) is 0 Å². The van der Waals surface area contributed by atoms with Gasteiger partial charge in [-0.25, -0.2) is 16.8 Å². The first-order valence-corrected chi connectivity index (χ1v) is 11.3. The Bertz CT molecular complexity index is 718. The third-order valence-corrected chi connectivity index (χ3v) is 8.26. The van der Waals surface area contributed by atoms with E-state index in [2.05, 4.69) is 0 Å². The number of nitrogens with zero attached hydrogens (tertiary/aromatic N) is 1. The second-order valence-corrected chi connectivity index (χ2v) is 10.0. The fraction of sp³-hybridized carbons (Fsp3) is 0.625. The van der Waals surface area contributed by atoms with Crippen LogP contribution in [0.5, 0.6) is 0 Å². The first-order valence-electron chi connectivity index (χ1n) is 8.17. The van der Waals surface area contributed by atoms with E-state index in [1.165, 1.54) is 24.3 Å². The van der Waals surface area contributed by atoms with Crippen molar-refractivity contribution in [1.29, 1.82) is 0 Å². The largest absolute Gasteiger partial charge is 0.243 e. The molecule has 7 heteroatoms. The van der Waals surface area contributed by atoms with E-state index < -0.39 is 19.9 Å². The molecule has 1 aliphatic rings. The summed E-state index contributed by atoms with van der Waals surface area (Å²) in [5, 5.41) is 0. The Kier molecular flexibility index (Phi) is 5.86. The number of sulfone groups is 1. The molecule has 0 heterocycles. The van der Waals surface area contributed by atoms with Crippen LogP contribution in [0, 0.1) is 0 Å². The lowest BCUT2D eigenvalue weighted by molar-refractivity contribution is 0.261. The molecule has 1 aliphatic carbocycles. The molecule has 1 aromatic carbocycles. The van der Waals surface area contributed by atoms with Gasteiger partial charge in [0.25, 0.3) is 0 Å². The lowest BCUT2D eigenvalue weighted by Crippen LogP contribution is -2.41. The van der Waals surface area contributed by atoms with E-state index in [9.17, 15) is 16.8 Å². The second kappa shape index (κ2) is 7.32. The number of sulfonamides is 1. The van der Waals surface area contributed by atoms with Gasteiger partial charge in [0, 0.05) is 12.6 Å². The summed E-state index contributed by atoms with van der Waals surface area (Å²) in [6.07, 6.45) is 5.08.